The second kappa shape index (κ2) is 8.48. The van der Waals surface area contributed by atoms with Crippen LogP contribution in [-0.4, -0.2) is 18.9 Å². The number of halogens is 2. The van der Waals surface area contributed by atoms with E-state index in [1.807, 2.05) is 32.0 Å². The molecule has 2 amide bonds. The highest BCUT2D eigenvalue weighted by Crippen LogP contribution is 2.35. The van der Waals surface area contributed by atoms with Gasteiger partial charge >= 0.3 is 0 Å². The lowest BCUT2D eigenvalue weighted by Crippen LogP contribution is -2.32. The summed E-state index contributed by atoms with van der Waals surface area (Å²) in [4.78, 5) is 27.8. The van der Waals surface area contributed by atoms with E-state index >= 15 is 0 Å². The summed E-state index contributed by atoms with van der Waals surface area (Å²) in [6.07, 6.45) is 0. The third kappa shape index (κ3) is 3.85. The number of anilines is 2. The molecule has 0 saturated heterocycles. The van der Waals surface area contributed by atoms with Crippen molar-refractivity contribution in [2.45, 2.75) is 13.8 Å². The van der Waals surface area contributed by atoms with Crippen LogP contribution in [0.2, 0.25) is 5.02 Å². The fourth-order valence-electron chi connectivity index (χ4n) is 3.49. The lowest BCUT2D eigenvalue weighted by Gasteiger charge is -2.16. The van der Waals surface area contributed by atoms with Crippen molar-refractivity contribution < 1.29 is 18.7 Å². The van der Waals surface area contributed by atoms with Crippen molar-refractivity contribution in [3.8, 4) is 5.75 Å². The van der Waals surface area contributed by atoms with E-state index in [1.54, 1.807) is 31.4 Å². The van der Waals surface area contributed by atoms with E-state index in [4.69, 9.17) is 16.3 Å². The smallest absolute Gasteiger partial charge is 0.282 e. The number of nitrogens with zero attached hydrogens (tertiary/aromatic N) is 1. The van der Waals surface area contributed by atoms with E-state index < -0.39 is 17.6 Å². The minimum absolute atomic E-state index is 0.129. The Morgan fingerprint density at radius 3 is 2.25 bits per heavy atom. The molecule has 3 aromatic carbocycles. The van der Waals surface area contributed by atoms with Crippen molar-refractivity contribution in [1.82, 2.24) is 0 Å². The molecule has 0 atom stereocenters. The summed E-state index contributed by atoms with van der Waals surface area (Å²) < 4.78 is 18.9. The molecule has 1 heterocycles. The van der Waals surface area contributed by atoms with Crippen LogP contribution in [0.25, 0.3) is 5.57 Å². The normalized spacial score (nSPS) is 13.7. The molecule has 0 unspecified atom stereocenters. The quantitative estimate of drug-likeness (QED) is 0.521. The van der Waals surface area contributed by atoms with Gasteiger partial charge in [0.1, 0.15) is 17.3 Å². The standard InChI is InChI=1S/C25H20ClFN2O3/c1-14-4-7-17(12-15(14)2)28-23-22(16-5-9-19(32-3)10-6-16)24(30)29(25(23)31)18-8-11-21(27)20(26)13-18/h4-13,28H,1-3H3. The number of hydrogen-bond acceptors (Lipinski definition) is 4. The van der Waals surface area contributed by atoms with Crippen LogP contribution in [0.4, 0.5) is 15.8 Å². The maximum atomic E-state index is 13.7. The van der Waals surface area contributed by atoms with Gasteiger partial charge in [0.15, 0.2) is 0 Å². The van der Waals surface area contributed by atoms with E-state index in [0.29, 0.717) is 17.0 Å². The second-order valence-corrected chi connectivity index (χ2v) is 7.85. The number of nitrogens with one attached hydrogen (secondary N) is 1. The number of amides is 2. The summed E-state index contributed by atoms with van der Waals surface area (Å²) in [6.45, 7) is 3.96. The zero-order valence-corrected chi connectivity index (χ0v) is 18.5. The minimum atomic E-state index is -0.633. The van der Waals surface area contributed by atoms with Crippen LogP contribution in [0.1, 0.15) is 16.7 Å². The second-order valence-electron chi connectivity index (χ2n) is 7.45. The third-order valence-electron chi connectivity index (χ3n) is 5.40. The largest absolute Gasteiger partial charge is 0.497 e. The molecule has 4 rings (SSSR count). The Morgan fingerprint density at radius 1 is 0.906 bits per heavy atom. The summed E-state index contributed by atoms with van der Waals surface area (Å²) in [6, 6.07) is 16.3. The zero-order valence-electron chi connectivity index (χ0n) is 17.7. The number of ether oxygens (including phenoxy) is 1. The van der Waals surface area contributed by atoms with Gasteiger partial charge in [0.2, 0.25) is 0 Å². The van der Waals surface area contributed by atoms with Gasteiger partial charge < -0.3 is 10.1 Å². The van der Waals surface area contributed by atoms with Crippen LogP contribution in [0.3, 0.4) is 0 Å². The highest BCUT2D eigenvalue weighted by atomic mass is 35.5. The molecule has 1 aliphatic rings. The number of imide groups is 1. The highest BCUT2D eigenvalue weighted by Gasteiger charge is 2.40. The van der Waals surface area contributed by atoms with E-state index in [1.165, 1.54) is 12.1 Å². The summed E-state index contributed by atoms with van der Waals surface area (Å²) in [5.41, 5.74) is 3.90. The minimum Gasteiger partial charge on any atom is -0.497 e. The number of benzene rings is 3. The first kappa shape index (κ1) is 21.6. The van der Waals surface area contributed by atoms with Crippen molar-refractivity contribution in [2.75, 3.05) is 17.3 Å². The predicted molar refractivity (Wildman–Crippen MR) is 123 cm³/mol. The summed E-state index contributed by atoms with van der Waals surface area (Å²) in [5, 5.41) is 2.95. The summed E-state index contributed by atoms with van der Waals surface area (Å²) in [5.74, 6) is -1.10. The molecule has 0 aromatic heterocycles. The fourth-order valence-corrected chi connectivity index (χ4v) is 3.67. The van der Waals surface area contributed by atoms with Crippen molar-refractivity contribution in [3.05, 3.63) is 93.9 Å². The van der Waals surface area contributed by atoms with Gasteiger partial charge in [0.25, 0.3) is 11.8 Å². The molecule has 0 bridgehead atoms. The Kier molecular flexibility index (Phi) is 5.72. The van der Waals surface area contributed by atoms with Crippen LogP contribution in [0, 0.1) is 19.7 Å². The highest BCUT2D eigenvalue weighted by molar-refractivity contribution is 6.46. The van der Waals surface area contributed by atoms with Crippen molar-refractivity contribution >= 4 is 40.4 Å². The molecule has 162 valence electrons. The molecule has 3 aromatic rings. The Bertz CT molecular complexity index is 1270. The molecular formula is C25H20ClFN2O3. The number of carbonyl (C=O) groups excluding carboxylic acids is 2. The Hall–Kier alpha value is -3.64. The van der Waals surface area contributed by atoms with Crippen molar-refractivity contribution in [3.63, 3.8) is 0 Å². The Labute approximate surface area is 190 Å². The molecule has 0 aliphatic carbocycles. The van der Waals surface area contributed by atoms with Crippen LogP contribution < -0.4 is 15.0 Å². The number of hydrogen-bond donors (Lipinski definition) is 1. The first-order valence-corrected chi connectivity index (χ1v) is 10.2. The Balaban J connectivity index is 1.82. The molecule has 0 saturated carbocycles. The average molecular weight is 451 g/mol. The van der Waals surface area contributed by atoms with Crippen molar-refractivity contribution in [1.29, 1.82) is 0 Å². The monoisotopic (exact) mass is 450 g/mol. The van der Waals surface area contributed by atoms with E-state index in [2.05, 4.69) is 5.32 Å². The zero-order chi connectivity index (χ0) is 23.0. The van der Waals surface area contributed by atoms with Crippen LogP contribution >= 0.6 is 11.6 Å². The number of carbonyl (C=O) groups is 2. The number of methoxy groups -OCH3 is 1. The summed E-state index contributed by atoms with van der Waals surface area (Å²) >= 11 is 5.91. The number of aryl methyl sites for hydroxylation is 2. The summed E-state index contributed by atoms with van der Waals surface area (Å²) in [7, 11) is 1.55. The average Bonchev–Trinajstić information content (AvgIpc) is 3.02. The van der Waals surface area contributed by atoms with E-state index in [9.17, 15) is 14.0 Å². The molecule has 0 radical (unpaired) electrons. The maximum absolute atomic E-state index is 13.7. The molecular weight excluding hydrogens is 431 g/mol. The molecule has 7 heteroatoms. The lowest BCUT2D eigenvalue weighted by atomic mass is 10.0. The topological polar surface area (TPSA) is 58.6 Å². The maximum Gasteiger partial charge on any atom is 0.282 e. The van der Waals surface area contributed by atoms with Gasteiger partial charge in [0, 0.05) is 5.69 Å². The van der Waals surface area contributed by atoms with Gasteiger partial charge in [-0.1, -0.05) is 29.8 Å². The molecule has 0 fully saturated rings. The van der Waals surface area contributed by atoms with Gasteiger partial charge in [-0.3, -0.25) is 9.59 Å². The Morgan fingerprint density at radius 2 is 1.62 bits per heavy atom. The van der Waals surface area contributed by atoms with E-state index in [0.717, 1.165) is 22.1 Å². The van der Waals surface area contributed by atoms with E-state index in [-0.39, 0.29) is 22.0 Å². The van der Waals surface area contributed by atoms with Gasteiger partial charge in [-0.05, 0) is 73.0 Å². The molecule has 5 nitrogen and oxygen atoms in total. The van der Waals surface area contributed by atoms with Crippen LogP contribution in [0.5, 0.6) is 5.75 Å². The first-order chi connectivity index (χ1) is 15.3. The fraction of sp³-hybridized carbons (Fsp3) is 0.120. The van der Waals surface area contributed by atoms with Crippen LogP contribution in [0.15, 0.2) is 66.4 Å². The molecule has 32 heavy (non-hydrogen) atoms. The molecule has 1 N–H and O–H groups in total. The van der Waals surface area contributed by atoms with Crippen molar-refractivity contribution in [2.24, 2.45) is 0 Å². The predicted octanol–water partition coefficient (Wildman–Crippen LogP) is 5.50. The first-order valence-electron chi connectivity index (χ1n) is 9.87. The van der Waals surface area contributed by atoms with Gasteiger partial charge in [-0.2, -0.15) is 0 Å². The third-order valence-corrected chi connectivity index (χ3v) is 5.69. The van der Waals surface area contributed by atoms with Gasteiger partial charge in [-0.15, -0.1) is 0 Å². The SMILES string of the molecule is COc1ccc(C2=C(Nc3ccc(C)c(C)c3)C(=O)N(c3ccc(F)c(Cl)c3)C2=O)cc1. The van der Waals surface area contributed by atoms with Gasteiger partial charge in [0.05, 0.1) is 23.4 Å². The molecule has 1 aliphatic heterocycles. The number of rotatable bonds is 5. The van der Waals surface area contributed by atoms with Crippen LogP contribution in [-0.2, 0) is 9.59 Å². The lowest BCUT2D eigenvalue weighted by molar-refractivity contribution is -0.120. The van der Waals surface area contributed by atoms with Gasteiger partial charge in [-0.25, -0.2) is 9.29 Å². The molecule has 0 spiro atoms.